The van der Waals surface area contributed by atoms with Gasteiger partial charge in [-0.1, -0.05) is 48.3 Å². The number of para-hydroxylation sites is 1. The Labute approximate surface area is 182 Å². The van der Waals surface area contributed by atoms with E-state index in [2.05, 4.69) is 5.32 Å². The van der Waals surface area contributed by atoms with Crippen molar-refractivity contribution in [3.63, 3.8) is 0 Å². The summed E-state index contributed by atoms with van der Waals surface area (Å²) in [5.74, 6) is -0.00636. The minimum absolute atomic E-state index is 0.0257. The quantitative estimate of drug-likeness (QED) is 0.410. The number of thiophene rings is 1. The van der Waals surface area contributed by atoms with Gasteiger partial charge in [0, 0.05) is 10.9 Å². The second-order valence-electron chi connectivity index (χ2n) is 7.29. The minimum atomic E-state index is -0.172. The smallest absolute Gasteiger partial charge is 0.263 e. The summed E-state index contributed by atoms with van der Waals surface area (Å²) >= 11 is 8.98. The number of aromatic nitrogens is 2. The van der Waals surface area contributed by atoms with Crippen LogP contribution in [0.25, 0.3) is 10.2 Å². The van der Waals surface area contributed by atoms with E-state index in [0.717, 1.165) is 46.3 Å². The number of hydrogen-bond donors (Lipinski definition) is 1. The van der Waals surface area contributed by atoms with Crippen LogP contribution in [0, 0.1) is 13.8 Å². The maximum Gasteiger partial charge on any atom is 0.263 e. The second kappa shape index (κ2) is 8.50. The zero-order valence-corrected chi connectivity index (χ0v) is 18.7. The third kappa shape index (κ3) is 4.09. The Balaban J connectivity index is 1.64. The zero-order chi connectivity index (χ0) is 20.5. The van der Waals surface area contributed by atoms with Crippen molar-refractivity contribution >= 4 is 56.5 Å². The van der Waals surface area contributed by atoms with E-state index in [1.165, 1.54) is 11.8 Å². The van der Waals surface area contributed by atoms with Crippen molar-refractivity contribution in [2.45, 2.75) is 50.7 Å². The lowest BCUT2D eigenvalue weighted by molar-refractivity contribution is -0.113. The van der Waals surface area contributed by atoms with Crippen molar-refractivity contribution in [3.05, 3.63) is 50.1 Å². The molecule has 1 aliphatic rings. The molecule has 2 aromatic heterocycles. The number of amides is 1. The summed E-state index contributed by atoms with van der Waals surface area (Å²) < 4.78 is 1.84. The number of thioether (sulfide) groups is 1. The Morgan fingerprint density at radius 3 is 2.76 bits per heavy atom. The number of carbonyl (C=O) groups excluding carboxylic acids is 1. The van der Waals surface area contributed by atoms with Crippen LogP contribution >= 0.6 is 34.7 Å². The van der Waals surface area contributed by atoms with Gasteiger partial charge >= 0.3 is 0 Å². The van der Waals surface area contributed by atoms with Crippen molar-refractivity contribution < 1.29 is 4.79 Å². The van der Waals surface area contributed by atoms with E-state index in [0.29, 0.717) is 15.9 Å². The molecule has 152 valence electrons. The molecular formula is C21H22ClN3O2S2. The summed E-state index contributed by atoms with van der Waals surface area (Å²) in [5, 5.41) is 4.68. The molecule has 5 nitrogen and oxygen atoms in total. The number of halogens is 1. The molecule has 4 rings (SSSR count). The molecule has 29 heavy (non-hydrogen) atoms. The maximum atomic E-state index is 13.3. The van der Waals surface area contributed by atoms with Crippen molar-refractivity contribution in [2.24, 2.45) is 0 Å². The summed E-state index contributed by atoms with van der Waals surface area (Å²) in [6.45, 7) is 4.00. The van der Waals surface area contributed by atoms with E-state index >= 15 is 0 Å². The monoisotopic (exact) mass is 447 g/mol. The first kappa shape index (κ1) is 20.4. The Morgan fingerprint density at radius 1 is 1.31 bits per heavy atom. The minimum Gasteiger partial charge on any atom is -0.324 e. The largest absolute Gasteiger partial charge is 0.324 e. The Kier molecular flexibility index (Phi) is 5.99. The first-order valence-electron chi connectivity index (χ1n) is 9.65. The van der Waals surface area contributed by atoms with Crippen LogP contribution in [-0.2, 0) is 4.79 Å². The Morgan fingerprint density at radius 2 is 2.03 bits per heavy atom. The fraction of sp³-hybridized carbons (Fsp3) is 0.381. The summed E-state index contributed by atoms with van der Waals surface area (Å²) in [6, 6.07) is 7.30. The number of anilines is 1. The van der Waals surface area contributed by atoms with Gasteiger partial charge in [0.15, 0.2) is 5.16 Å². The van der Waals surface area contributed by atoms with Crippen LogP contribution in [0.5, 0.6) is 0 Å². The molecule has 0 bridgehead atoms. The highest BCUT2D eigenvalue weighted by Gasteiger charge is 2.25. The second-order valence-corrected chi connectivity index (χ2v) is 9.84. The number of fused-ring (bicyclic) bond motifs is 1. The molecule has 1 saturated carbocycles. The summed E-state index contributed by atoms with van der Waals surface area (Å²) in [6.07, 6.45) is 4.20. The number of nitrogens with one attached hydrogen (secondary N) is 1. The molecule has 8 heteroatoms. The van der Waals surface area contributed by atoms with Crippen LogP contribution in [0.4, 0.5) is 5.69 Å². The molecule has 3 aromatic rings. The van der Waals surface area contributed by atoms with Crippen molar-refractivity contribution in [1.29, 1.82) is 0 Å². The van der Waals surface area contributed by atoms with E-state index < -0.39 is 0 Å². The molecule has 0 radical (unpaired) electrons. The van der Waals surface area contributed by atoms with Crippen LogP contribution < -0.4 is 10.9 Å². The molecule has 0 aliphatic heterocycles. The summed E-state index contributed by atoms with van der Waals surface area (Å²) in [5.41, 5.74) is 1.63. The average molecular weight is 448 g/mol. The molecule has 0 spiro atoms. The van der Waals surface area contributed by atoms with Crippen molar-refractivity contribution in [1.82, 2.24) is 9.55 Å². The Bertz CT molecular complexity index is 1130. The van der Waals surface area contributed by atoms with Gasteiger partial charge in [0.1, 0.15) is 4.83 Å². The standard InChI is InChI=1S/C21H22ClN3O2S2/c1-12-13(2)29-19-18(12)20(27)25(14-7-3-4-8-14)21(24-19)28-11-17(26)23-16-10-6-5-9-15(16)22/h5-6,9-10,14H,3-4,7-8,11H2,1-2H3,(H,23,26). The molecule has 1 fully saturated rings. The third-order valence-corrected chi connectivity index (χ3v) is 7.76. The van der Waals surface area contributed by atoms with E-state index in [1.807, 2.05) is 30.5 Å². The van der Waals surface area contributed by atoms with Crippen molar-refractivity contribution in [2.75, 3.05) is 11.1 Å². The molecule has 0 unspecified atom stereocenters. The van der Waals surface area contributed by atoms with Gasteiger partial charge in [0.05, 0.1) is 21.8 Å². The predicted octanol–water partition coefficient (Wildman–Crippen LogP) is 5.57. The maximum absolute atomic E-state index is 13.3. The van der Waals surface area contributed by atoms with Gasteiger partial charge in [-0.2, -0.15) is 0 Å². The van der Waals surface area contributed by atoms with Crippen LogP contribution in [0.15, 0.2) is 34.2 Å². The van der Waals surface area contributed by atoms with Gasteiger partial charge in [-0.3, -0.25) is 14.2 Å². The van der Waals surface area contributed by atoms with Crippen LogP contribution in [-0.4, -0.2) is 21.2 Å². The van der Waals surface area contributed by atoms with Gasteiger partial charge in [-0.25, -0.2) is 4.98 Å². The number of nitrogens with zero attached hydrogens (tertiary/aromatic N) is 2. The fourth-order valence-corrected chi connectivity index (χ4v) is 5.87. The highest BCUT2D eigenvalue weighted by atomic mass is 35.5. The van der Waals surface area contributed by atoms with E-state index in [4.69, 9.17) is 16.6 Å². The lowest BCUT2D eigenvalue weighted by Crippen LogP contribution is -2.27. The van der Waals surface area contributed by atoms with E-state index in [-0.39, 0.29) is 23.3 Å². The highest BCUT2D eigenvalue weighted by molar-refractivity contribution is 7.99. The van der Waals surface area contributed by atoms with Gasteiger partial charge in [0.25, 0.3) is 5.56 Å². The molecule has 2 heterocycles. The molecule has 1 amide bonds. The number of carbonyl (C=O) groups is 1. The van der Waals surface area contributed by atoms with E-state index in [9.17, 15) is 9.59 Å². The highest BCUT2D eigenvalue weighted by Crippen LogP contribution is 2.34. The SMILES string of the molecule is Cc1sc2nc(SCC(=O)Nc3ccccc3Cl)n(C3CCCC3)c(=O)c2c1C. The molecule has 1 aliphatic carbocycles. The van der Waals surface area contributed by atoms with Gasteiger partial charge in [-0.15, -0.1) is 11.3 Å². The van der Waals surface area contributed by atoms with Crippen LogP contribution in [0.3, 0.4) is 0 Å². The number of benzene rings is 1. The van der Waals surface area contributed by atoms with Crippen molar-refractivity contribution in [3.8, 4) is 0 Å². The van der Waals surface area contributed by atoms with Gasteiger partial charge < -0.3 is 5.32 Å². The molecular weight excluding hydrogens is 426 g/mol. The normalized spacial score (nSPS) is 14.6. The van der Waals surface area contributed by atoms with Crippen LogP contribution in [0.2, 0.25) is 5.02 Å². The Hall–Kier alpha value is -1.83. The molecule has 1 aromatic carbocycles. The molecule has 0 saturated heterocycles. The lowest BCUT2D eigenvalue weighted by Gasteiger charge is -2.18. The van der Waals surface area contributed by atoms with Gasteiger partial charge in [0.2, 0.25) is 5.91 Å². The number of rotatable bonds is 5. The lowest BCUT2D eigenvalue weighted by atomic mass is 10.2. The third-order valence-electron chi connectivity index (χ3n) is 5.37. The fourth-order valence-electron chi connectivity index (χ4n) is 3.75. The summed E-state index contributed by atoms with van der Waals surface area (Å²) in [7, 11) is 0. The molecule has 1 N–H and O–H groups in total. The first-order valence-corrected chi connectivity index (χ1v) is 11.8. The number of aryl methyl sites for hydroxylation is 2. The summed E-state index contributed by atoms with van der Waals surface area (Å²) in [4.78, 5) is 32.5. The average Bonchev–Trinajstić information content (AvgIpc) is 3.31. The molecule has 0 atom stereocenters. The predicted molar refractivity (Wildman–Crippen MR) is 122 cm³/mol. The van der Waals surface area contributed by atoms with Gasteiger partial charge in [-0.05, 0) is 44.4 Å². The van der Waals surface area contributed by atoms with Crippen LogP contribution in [0.1, 0.15) is 42.2 Å². The topological polar surface area (TPSA) is 64.0 Å². The van der Waals surface area contributed by atoms with E-state index in [1.54, 1.807) is 23.5 Å². The first-order chi connectivity index (χ1) is 14.0. The zero-order valence-electron chi connectivity index (χ0n) is 16.3. The number of hydrogen-bond acceptors (Lipinski definition) is 5.